The molecule has 2 aliphatic rings. The van der Waals surface area contributed by atoms with Crippen molar-refractivity contribution in [2.24, 2.45) is 5.92 Å². The highest BCUT2D eigenvalue weighted by molar-refractivity contribution is 5.92. The third kappa shape index (κ3) is 3.23. The fourth-order valence-electron chi connectivity index (χ4n) is 3.04. The van der Waals surface area contributed by atoms with Gasteiger partial charge in [-0.1, -0.05) is 19.4 Å². The van der Waals surface area contributed by atoms with Gasteiger partial charge in [-0.25, -0.2) is 9.37 Å². The Hall–Kier alpha value is -1.49. The third-order valence-electron chi connectivity index (χ3n) is 4.44. The Morgan fingerprint density at radius 1 is 1.38 bits per heavy atom. The number of carbonyl (C=O) groups excluding carboxylic acids is 1. The minimum atomic E-state index is -0.885. The van der Waals surface area contributed by atoms with Gasteiger partial charge in [0.2, 0.25) is 0 Å². The van der Waals surface area contributed by atoms with Crippen molar-refractivity contribution in [3.8, 4) is 0 Å². The van der Waals surface area contributed by atoms with E-state index in [1.54, 1.807) is 11.0 Å². The Morgan fingerprint density at radius 2 is 2.19 bits per heavy atom. The molecule has 3 rings (SSSR count). The summed E-state index contributed by atoms with van der Waals surface area (Å²) in [6.07, 6.45) is 0.781. The van der Waals surface area contributed by atoms with E-state index in [0.717, 1.165) is 31.2 Å². The largest absolute Gasteiger partial charge is 0.334 e. The van der Waals surface area contributed by atoms with Gasteiger partial charge in [-0.2, -0.15) is 0 Å². The number of rotatable bonds is 4. The van der Waals surface area contributed by atoms with E-state index >= 15 is 0 Å². The van der Waals surface area contributed by atoms with E-state index in [0.29, 0.717) is 18.7 Å². The zero-order valence-corrected chi connectivity index (χ0v) is 12.5. The zero-order valence-electron chi connectivity index (χ0n) is 12.5. The number of aromatic nitrogens is 1. The average Bonchev–Trinajstić information content (AvgIpc) is 2.88. The lowest BCUT2D eigenvalue weighted by Crippen LogP contribution is -2.45. The Balaban J connectivity index is 1.62. The number of nitrogens with zero attached hydrogens (tertiary/aromatic N) is 3. The fraction of sp³-hybridized carbons (Fsp3) is 0.625. The summed E-state index contributed by atoms with van der Waals surface area (Å²) in [5.74, 6) is 0.660. The van der Waals surface area contributed by atoms with Crippen molar-refractivity contribution < 1.29 is 9.18 Å². The molecule has 0 radical (unpaired) electrons. The van der Waals surface area contributed by atoms with Gasteiger partial charge in [0.15, 0.2) is 0 Å². The van der Waals surface area contributed by atoms with Crippen molar-refractivity contribution in [2.45, 2.75) is 32.5 Å². The monoisotopic (exact) mass is 291 g/mol. The number of alkyl halides is 1. The maximum absolute atomic E-state index is 13.2. The summed E-state index contributed by atoms with van der Waals surface area (Å²) in [7, 11) is 0. The molecule has 2 fully saturated rings. The van der Waals surface area contributed by atoms with Crippen LogP contribution in [0.4, 0.5) is 4.39 Å². The lowest BCUT2D eigenvalue weighted by molar-refractivity contribution is 0.0772. The molecule has 4 nitrogen and oxygen atoms in total. The summed E-state index contributed by atoms with van der Waals surface area (Å²) < 4.78 is 13.2. The van der Waals surface area contributed by atoms with Crippen LogP contribution in [-0.4, -0.2) is 53.0 Å². The molecule has 3 heterocycles. The first-order chi connectivity index (χ1) is 10.2. The third-order valence-corrected chi connectivity index (χ3v) is 4.44. The quantitative estimate of drug-likeness (QED) is 0.852. The van der Waals surface area contributed by atoms with Crippen LogP contribution in [0.3, 0.4) is 0 Å². The second kappa shape index (κ2) is 6.10. The molecule has 0 bridgehead atoms. The zero-order chi connectivity index (χ0) is 14.8. The van der Waals surface area contributed by atoms with Gasteiger partial charge in [0.05, 0.1) is 12.2 Å². The highest BCUT2D eigenvalue weighted by atomic mass is 19.1. The summed E-state index contributed by atoms with van der Waals surface area (Å²) in [6.45, 7) is 5.94. The van der Waals surface area contributed by atoms with Crippen LogP contribution < -0.4 is 0 Å². The van der Waals surface area contributed by atoms with Crippen LogP contribution in [0.25, 0.3) is 0 Å². The number of likely N-dealkylation sites (tertiary alicyclic amines) is 2. The van der Waals surface area contributed by atoms with Crippen LogP contribution in [0.2, 0.25) is 0 Å². The predicted octanol–water partition coefficient (Wildman–Crippen LogP) is 2.11. The van der Waals surface area contributed by atoms with Crippen LogP contribution in [0.1, 0.15) is 35.9 Å². The van der Waals surface area contributed by atoms with Crippen molar-refractivity contribution in [3.63, 3.8) is 0 Å². The van der Waals surface area contributed by atoms with Crippen LogP contribution >= 0.6 is 0 Å². The van der Waals surface area contributed by atoms with E-state index in [4.69, 9.17) is 0 Å². The van der Waals surface area contributed by atoms with Crippen LogP contribution in [0, 0.1) is 5.92 Å². The maximum Gasteiger partial charge on any atom is 0.272 e. The second-order valence-electron chi connectivity index (χ2n) is 6.12. The molecule has 1 aromatic rings. The van der Waals surface area contributed by atoms with Crippen molar-refractivity contribution in [2.75, 3.05) is 26.2 Å². The molecule has 1 unspecified atom stereocenters. The molecule has 2 aliphatic heterocycles. The van der Waals surface area contributed by atoms with Gasteiger partial charge in [-0.05, 0) is 24.5 Å². The molecule has 0 spiro atoms. The van der Waals surface area contributed by atoms with Gasteiger partial charge in [-0.3, -0.25) is 9.69 Å². The molecular formula is C16H22FN3O. The van der Waals surface area contributed by atoms with Gasteiger partial charge in [-0.15, -0.1) is 0 Å². The van der Waals surface area contributed by atoms with Gasteiger partial charge >= 0.3 is 0 Å². The van der Waals surface area contributed by atoms with Crippen molar-refractivity contribution in [1.82, 2.24) is 14.8 Å². The molecule has 0 saturated carbocycles. The van der Waals surface area contributed by atoms with E-state index in [1.165, 1.54) is 6.42 Å². The Labute approximate surface area is 125 Å². The van der Waals surface area contributed by atoms with Gasteiger partial charge < -0.3 is 4.90 Å². The number of pyridine rings is 1. The number of halogens is 1. The minimum Gasteiger partial charge on any atom is -0.334 e. The predicted molar refractivity (Wildman–Crippen MR) is 78.7 cm³/mol. The first-order valence-electron chi connectivity index (χ1n) is 7.77. The highest BCUT2D eigenvalue weighted by Crippen LogP contribution is 2.21. The molecule has 2 saturated heterocycles. The summed E-state index contributed by atoms with van der Waals surface area (Å²) in [6, 6.07) is 5.55. The number of carbonyl (C=O) groups is 1. The molecule has 114 valence electrons. The molecule has 0 N–H and O–H groups in total. The molecule has 0 aromatic carbocycles. The Kier molecular flexibility index (Phi) is 4.19. The number of hydrogen-bond acceptors (Lipinski definition) is 3. The summed E-state index contributed by atoms with van der Waals surface area (Å²) in [4.78, 5) is 20.7. The fourth-order valence-corrected chi connectivity index (χ4v) is 3.04. The molecule has 5 heteroatoms. The van der Waals surface area contributed by atoms with E-state index in [2.05, 4.69) is 16.8 Å². The minimum absolute atomic E-state index is 0.146. The van der Waals surface area contributed by atoms with Crippen molar-refractivity contribution in [1.29, 1.82) is 0 Å². The van der Waals surface area contributed by atoms with Crippen molar-refractivity contribution >= 4 is 5.91 Å². The molecular weight excluding hydrogens is 269 g/mol. The molecule has 0 aliphatic carbocycles. The summed E-state index contributed by atoms with van der Waals surface area (Å²) >= 11 is 0. The van der Waals surface area contributed by atoms with Gasteiger partial charge in [0.1, 0.15) is 11.9 Å². The summed E-state index contributed by atoms with van der Waals surface area (Å²) in [5, 5.41) is 0. The Morgan fingerprint density at radius 3 is 2.86 bits per heavy atom. The smallest absolute Gasteiger partial charge is 0.272 e. The van der Waals surface area contributed by atoms with Crippen LogP contribution in [-0.2, 0) is 6.54 Å². The van der Waals surface area contributed by atoms with Crippen LogP contribution in [0.15, 0.2) is 18.2 Å². The van der Waals surface area contributed by atoms with Crippen molar-refractivity contribution in [3.05, 3.63) is 29.6 Å². The van der Waals surface area contributed by atoms with E-state index in [9.17, 15) is 9.18 Å². The first-order valence-corrected chi connectivity index (χ1v) is 7.77. The normalized spacial score (nSPS) is 23.3. The average molecular weight is 291 g/mol. The number of amides is 1. The van der Waals surface area contributed by atoms with E-state index < -0.39 is 6.17 Å². The molecule has 1 atom stereocenters. The van der Waals surface area contributed by atoms with Crippen LogP contribution in [0.5, 0.6) is 0 Å². The lowest BCUT2D eigenvalue weighted by atomic mass is 9.97. The SMILES string of the molecule is CCC1CN(Cc2cccc(C(=O)N3CCC(F)C3)n2)C1. The standard InChI is InChI=1S/C16H22FN3O/c1-2-12-8-19(9-12)11-14-4-3-5-15(18-14)16(21)20-7-6-13(17)10-20/h3-5,12-13H,2,6-11H2,1H3. The number of hydrogen-bond donors (Lipinski definition) is 0. The van der Waals surface area contributed by atoms with E-state index in [-0.39, 0.29) is 12.5 Å². The highest BCUT2D eigenvalue weighted by Gasteiger charge is 2.28. The second-order valence-corrected chi connectivity index (χ2v) is 6.12. The van der Waals surface area contributed by atoms with E-state index in [1.807, 2.05) is 12.1 Å². The molecule has 21 heavy (non-hydrogen) atoms. The maximum atomic E-state index is 13.2. The lowest BCUT2D eigenvalue weighted by Gasteiger charge is -2.38. The summed E-state index contributed by atoms with van der Waals surface area (Å²) in [5.41, 5.74) is 1.36. The topological polar surface area (TPSA) is 36.4 Å². The molecule has 1 aromatic heterocycles. The Bertz CT molecular complexity index is 516. The van der Waals surface area contributed by atoms with Gasteiger partial charge in [0.25, 0.3) is 5.91 Å². The van der Waals surface area contributed by atoms with Gasteiger partial charge in [0, 0.05) is 26.2 Å². The first kappa shape index (κ1) is 14.4. The molecule has 1 amide bonds.